The Balaban J connectivity index is 2.16. The number of para-hydroxylation sites is 2. The van der Waals surface area contributed by atoms with E-state index in [2.05, 4.69) is 10.6 Å². The molecule has 0 aromatic heterocycles. The summed E-state index contributed by atoms with van der Waals surface area (Å²) in [6.07, 6.45) is 1.36. The molecular formula is C18H17N3O2. The van der Waals surface area contributed by atoms with Crippen molar-refractivity contribution in [3.63, 3.8) is 0 Å². The molecule has 0 saturated carbocycles. The first-order valence-electron chi connectivity index (χ1n) is 7.05. The standard InChI is InChI=1S/C18H17N3O2/c1-12-6-5-8-15(13(12)2)20-11-14(10-19)18(23)21-16-7-3-4-9-17(16)22/h3-9,11,20,22H,1-2H3,(H,21,23)/b14-11-. The molecule has 5 nitrogen and oxygen atoms in total. The minimum atomic E-state index is -0.591. The van der Waals surface area contributed by atoms with E-state index >= 15 is 0 Å². The van der Waals surface area contributed by atoms with Crippen molar-refractivity contribution in [3.05, 3.63) is 65.4 Å². The molecule has 5 heteroatoms. The van der Waals surface area contributed by atoms with Crippen LogP contribution < -0.4 is 10.6 Å². The fraction of sp³-hybridized carbons (Fsp3) is 0.111. The molecular weight excluding hydrogens is 290 g/mol. The van der Waals surface area contributed by atoms with Crippen LogP contribution in [-0.4, -0.2) is 11.0 Å². The van der Waals surface area contributed by atoms with E-state index < -0.39 is 5.91 Å². The van der Waals surface area contributed by atoms with Crippen LogP contribution in [0.1, 0.15) is 11.1 Å². The Kier molecular flexibility index (Phi) is 5.00. The van der Waals surface area contributed by atoms with Gasteiger partial charge in [0.2, 0.25) is 0 Å². The highest BCUT2D eigenvalue weighted by atomic mass is 16.3. The lowest BCUT2D eigenvalue weighted by Crippen LogP contribution is -2.14. The Hall–Kier alpha value is -3.26. The van der Waals surface area contributed by atoms with Gasteiger partial charge in [-0.1, -0.05) is 24.3 Å². The molecule has 0 saturated heterocycles. The third-order valence-electron chi connectivity index (χ3n) is 3.49. The Morgan fingerprint density at radius 3 is 2.52 bits per heavy atom. The van der Waals surface area contributed by atoms with Gasteiger partial charge < -0.3 is 15.7 Å². The maximum absolute atomic E-state index is 12.1. The normalized spacial score (nSPS) is 10.7. The van der Waals surface area contributed by atoms with Crippen LogP contribution in [0.2, 0.25) is 0 Å². The fourth-order valence-electron chi connectivity index (χ4n) is 1.97. The average molecular weight is 307 g/mol. The monoisotopic (exact) mass is 307 g/mol. The van der Waals surface area contributed by atoms with Crippen molar-refractivity contribution >= 4 is 17.3 Å². The summed E-state index contributed by atoms with van der Waals surface area (Å²) in [5.74, 6) is -0.646. The molecule has 0 aliphatic heterocycles. The minimum absolute atomic E-state index is 0.0550. The van der Waals surface area contributed by atoms with Crippen molar-refractivity contribution in [1.29, 1.82) is 5.26 Å². The summed E-state index contributed by atoms with van der Waals surface area (Å²) in [7, 11) is 0. The number of nitrogens with one attached hydrogen (secondary N) is 2. The number of anilines is 2. The van der Waals surface area contributed by atoms with Gasteiger partial charge in [-0.05, 0) is 43.2 Å². The number of nitriles is 1. The van der Waals surface area contributed by atoms with Crippen LogP contribution >= 0.6 is 0 Å². The van der Waals surface area contributed by atoms with Crippen LogP contribution in [0.15, 0.2) is 54.2 Å². The molecule has 0 atom stereocenters. The van der Waals surface area contributed by atoms with Crippen molar-refractivity contribution in [3.8, 4) is 11.8 Å². The highest BCUT2D eigenvalue weighted by Crippen LogP contribution is 2.22. The molecule has 0 fully saturated rings. The third kappa shape index (κ3) is 3.89. The minimum Gasteiger partial charge on any atom is -0.506 e. The average Bonchev–Trinajstić information content (AvgIpc) is 2.54. The van der Waals surface area contributed by atoms with E-state index in [9.17, 15) is 9.90 Å². The number of carbonyl (C=O) groups excluding carboxylic acids is 1. The fourth-order valence-corrected chi connectivity index (χ4v) is 1.97. The van der Waals surface area contributed by atoms with Gasteiger partial charge in [-0.2, -0.15) is 5.26 Å². The Labute approximate surface area is 134 Å². The highest BCUT2D eigenvalue weighted by molar-refractivity contribution is 6.07. The van der Waals surface area contributed by atoms with E-state index in [1.54, 1.807) is 18.2 Å². The van der Waals surface area contributed by atoms with E-state index in [1.165, 1.54) is 12.3 Å². The molecule has 116 valence electrons. The van der Waals surface area contributed by atoms with Gasteiger partial charge in [-0.3, -0.25) is 4.79 Å². The van der Waals surface area contributed by atoms with Crippen molar-refractivity contribution in [2.75, 3.05) is 10.6 Å². The molecule has 0 radical (unpaired) electrons. The smallest absolute Gasteiger partial charge is 0.267 e. The zero-order chi connectivity index (χ0) is 16.8. The first-order chi connectivity index (χ1) is 11.0. The van der Waals surface area contributed by atoms with Crippen molar-refractivity contribution < 1.29 is 9.90 Å². The molecule has 2 rings (SSSR count). The van der Waals surface area contributed by atoms with Gasteiger partial charge in [-0.25, -0.2) is 0 Å². The number of amides is 1. The summed E-state index contributed by atoms with van der Waals surface area (Å²) in [6.45, 7) is 3.94. The number of benzene rings is 2. The summed E-state index contributed by atoms with van der Waals surface area (Å²) in [4.78, 5) is 12.1. The number of phenolic OH excluding ortho intramolecular Hbond substituents is 1. The van der Waals surface area contributed by atoms with Crippen LogP contribution in [-0.2, 0) is 4.79 Å². The number of rotatable bonds is 4. The molecule has 0 heterocycles. The maximum atomic E-state index is 12.1. The molecule has 3 N–H and O–H groups in total. The summed E-state index contributed by atoms with van der Waals surface area (Å²) in [6, 6.07) is 13.9. The van der Waals surface area contributed by atoms with Crippen molar-refractivity contribution in [2.24, 2.45) is 0 Å². The Bertz CT molecular complexity index is 804. The second-order valence-electron chi connectivity index (χ2n) is 5.03. The molecule has 0 aliphatic rings. The zero-order valence-electron chi connectivity index (χ0n) is 12.9. The van der Waals surface area contributed by atoms with Gasteiger partial charge in [0.1, 0.15) is 17.4 Å². The highest BCUT2D eigenvalue weighted by Gasteiger charge is 2.11. The number of phenols is 1. The summed E-state index contributed by atoms with van der Waals surface area (Å²) >= 11 is 0. The van der Waals surface area contributed by atoms with E-state index in [1.807, 2.05) is 38.1 Å². The second-order valence-corrected chi connectivity index (χ2v) is 5.03. The van der Waals surface area contributed by atoms with Gasteiger partial charge in [0.15, 0.2) is 0 Å². The predicted octanol–water partition coefficient (Wildman–Crippen LogP) is 3.47. The molecule has 0 aliphatic carbocycles. The number of aryl methyl sites for hydroxylation is 1. The molecule has 1 amide bonds. The lowest BCUT2D eigenvalue weighted by molar-refractivity contribution is -0.112. The first kappa shape index (κ1) is 16.1. The van der Waals surface area contributed by atoms with Crippen LogP contribution in [0.3, 0.4) is 0 Å². The molecule has 0 bridgehead atoms. The molecule has 0 spiro atoms. The second kappa shape index (κ2) is 7.14. The summed E-state index contributed by atoms with van der Waals surface area (Å²) < 4.78 is 0. The molecule has 2 aromatic carbocycles. The topological polar surface area (TPSA) is 85.2 Å². The Morgan fingerprint density at radius 1 is 1.13 bits per heavy atom. The zero-order valence-corrected chi connectivity index (χ0v) is 12.9. The van der Waals surface area contributed by atoms with Crippen molar-refractivity contribution in [1.82, 2.24) is 0 Å². The Morgan fingerprint density at radius 2 is 1.83 bits per heavy atom. The van der Waals surface area contributed by atoms with Gasteiger partial charge in [0, 0.05) is 11.9 Å². The van der Waals surface area contributed by atoms with Crippen LogP contribution in [0.25, 0.3) is 0 Å². The predicted molar refractivity (Wildman–Crippen MR) is 90.0 cm³/mol. The van der Waals surface area contributed by atoms with E-state index in [0.29, 0.717) is 0 Å². The van der Waals surface area contributed by atoms with E-state index in [0.717, 1.165) is 16.8 Å². The van der Waals surface area contributed by atoms with Crippen LogP contribution in [0, 0.1) is 25.2 Å². The van der Waals surface area contributed by atoms with E-state index in [-0.39, 0.29) is 17.0 Å². The SMILES string of the molecule is Cc1cccc(N/C=C(/C#N)C(=O)Nc2ccccc2O)c1C. The van der Waals surface area contributed by atoms with Crippen molar-refractivity contribution in [2.45, 2.75) is 13.8 Å². The van der Waals surface area contributed by atoms with Crippen LogP contribution in [0.4, 0.5) is 11.4 Å². The number of nitrogens with zero attached hydrogens (tertiary/aromatic N) is 1. The summed E-state index contributed by atoms with van der Waals surface area (Å²) in [5, 5.41) is 24.3. The number of carbonyl (C=O) groups is 1. The molecule has 23 heavy (non-hydrogen) atoms. The van der Waals surface area contributed by atoms with Gasteiger partial charge in [0.25, 0.3) is 5.91 Å². The largest absolute Gasteiger partial charge is 0.506 e. The third-order valence-corrected chi connectivity index (χ3v) is 3.49. The lowest BCUT2D eigenvalue weighted by atomic mass is 10.1. The van der Waals surface area contributed by atoms with Gasteiger partial charge in [0.05, 0.1) is 5.69 Å². The summed E-state index contributed by atoms with van der Waals surface area (Å²) in [5.41, 5.74) is 3.15. The number of hydrogen-bond donors (Lipinski definition) is 3. The maximum Gasteiger partial charge on any atom is 0.267 e. The lowest BCUT2D eigenvalue weighted by Gasteiger charge is -2.09. The van der Waals surface area contributed by atoms with Gasteiger partial charge in [-0.15, -0.1) is 0 Å². The first-order valence-corrected chi connectivity index (χ1v) is 7.05. The number of hydrogen-bond acceptors (Lipinski definition) is 4. The van der Waals surface area contributed by atoms with Gasteiger partial charge >= 0.3 is 0 Å². The quantitative estimate of drug-likeness (QED) is 0.459. The molecule has 2 aromatic rings. The van der Waals surface area contributed by atoms with Crippen LogP contribution in [0.5, 0.6) is 5.75 Å². The number of aromatic hydroxyl groups is 1. The molecule has 0 unspecified atom stereocenters. The van der Waals surface area contributed by atoms with E-state index in [4.69, 9.17) is 5.26 Å².